The first-order chi connectivity index (χ1) is 12.7. The number of imidazole rings is 1. The average molecular weight is 431 g/mol. The lowest BCUT2D eigenvalue weighted by Gasteiger charge is -2.24. The number of amides is 1. The Morgan fingerprint density at radius 2 is 2.07 bits per heavy atom. The molecule has 3 heterocycles. The van der Waals surface area contributed by atoms with Gasteiger partial charge >= 0.3 is 6.09 Å². The molecule has 0 bridgehead atoms. The van der Waals surface area contributed by atoms with Crippen LogP contribution in [0.25, 0.3) is 21.9 Å². The van der Waals surface area contributed by atoms with Crippen LogP contribution in [0.3, 0.4) is 0 Å². The minimum absolute atomic E-state index is 0.173. The summed E-state index contributed by atoms with van der Waals surface area (Å²) >= 11 is 3.56. The number of ether oxygens (including phenoxy) is 1. The number of hydrogen-bond donors (Lipinski definition) is 0. The number of fused-ring (bicyclic) bond motifs is 3. The van der Waals surface area contributed by atoms with Gasteiger partial charge in [-0.3, -0.25) is 4.98 Å². The first-order valence-corrected chi connectivity index (χ1v) is 9.93. The van der Waals surface area contributed by atoms with E-state index < -0.39 is 5.60 Å². The summed E-state index contributed by atoms with van der Waals surface area (Å²) in [5.74, 6) is 0.940. The smallest absolute Gasteiger partial charge is 0.410 e. The zero-order valence-electron chi connectivity index (χ0n) is 16.0. The van der Waals surface area contributed by atoms with E-state index in [1.807, 2.05) is 46.0 Å². The van der Waals surface area contributed by atoms with E-state index in [0.717, 1.165) is 38.7 Å². The predicted molar refractivity (Wildman–Crippen MR) is 109 cm³/mol. The fourth-order valence-corrected chi connectivity index (χ4v) is 4.12. The van der Waals surface area contributed by atoms with Gasteiger partial charge in [0.15, 0.2) is 0 Å². The first kappa shape index (κ1) is 18.2. The molecule has 142 valence electrons. The fourth-order valence-electron chi connectivity index (χ4n) is 3.76. The molecule has 1 fully saturated rings. The van der Waals surface area contributed by atoms with Crippen LogP contribution in [0.1, 0.15) is 39.1 Å². The lowest BCUT2D eigenvalue weighted by Crippen LogP contribution is -2.35. The topological polar surface area (TPSA) is 60.2 Å². The zero-order valence-corrected chi connectivity index (χ0v) is 17.6. The van der Waals surface area contributed by atoms with Gasteiger partial charge in [0.05, 0.1) is 23.3 Å². The van der Waals surface area contributed by atoms with Gasteiger partial charge in [0.25, 0.3) is 0 Å². The third-order valence-corrected chi connectivity index (χ3v) is 5.33. The molecule has 4 rings (SSSR count). The molecule has 0 spiro atoms. The molecular weight excluding hydrogens is 408 g/mol. The van der Waals surface area contributed by atoms with E-state index in [2.05, 4.69) is 31.5 Å². The summed E-state index contributed by atoms with van der Waals surface area (Å²) in [6.45, 7) is 9.00. The summed E-state index contributed by atoms with van der Waals surface area (Å²) in [6, 6.07) is 6.26. The van der Waals surface area contributed by atoms with Crippen LogP contribution in [-0.4, -0.2) is 44.2 Å². The number of likely N-dealkylation sites (tertiary alicyclic amines) is 1. The number of nitrogens with zero attached hydrogens (tertiary/aromatic N) is 4. The molecule has 6 nitrogen and oxygen atoms in total. The van der Waals surface area contributed by atoms with Gasteiger partial charge in [-0.1, -0.05) is 15.9 Å². The predicted octanol–water partition coefficient (Wildman–Crippen LogP) is 4.84. The van der Waals surface area contributed by atoms with Crippen LogP contribution in [0.4, 0.5) is 4.79 Å². The molecule has 0 aliphatic carbocycles. The van der Waals surface area contributed by atoms with Crippen molar-refractivity contribution in [2.24, 2.45) is 0 Å². The number of pyridine rings is 1. The van der Waals surface area contributed by atoms with Crippen molar-refractivity contribution >= 4 is 44.0 Å². The van der Waals surface area contributed by atoms with E-state index in [9.17, 15) is 4.79 Å². The molecule has 1 aliphatic heterocycles. The van der Waals surface area contributed by atoms with Crippen molar-refractivity contribution in [1.29, 1.82) is 0 Å². The second-order valence-electron chi connectivity index (χ2n) is 8.05. The number of benzene rings is 1. The van der Waals surface area contributed by atoms with Gasteiger partial charge in [0.2, 0.25) is 0 Å². The Bertz CT molecular complexity index is 1040. The van der Waals surface area contributed by atoms with E-state index in [1.54, 1.807) is 4.90 Å². The maximum absolute atomic E-state index is 12.4. The van der Waals surface area contributed by atoms with Crippen LogP contribution in [0.2, 0.25) is 0 Å². The van der Waals surface area contributed by atoms with Gasteiger partial charge in [-0.15, -0.1) is 0 Å². The molecule has 1 aliphatic rings. The fraction of sp³-hybridized carbons (Fsp3) is 0.450. The maximum atomic E-state index is 12.4. The SMILES string of the molecule is Cc1nc2cnc3ccc(Br)cc3c2n1[C@@H]1CCN(C(=O)OC(C)(C)C)C1. The van der Waals surface area contributed by atoms with Gasteiger partial charge in [0, 0.05) is 22.9 Å². The van der Waals surface area contributed by atoms with Crippen LogP contribution in [0.15, 0.2) is 28.9 Å². The molecule has 0 saturated carbocycles. The number of aryl methyl sites for hydroxylation is 1. The number of carbonyl (C=O) groups excluding carboxylic acids is 1. The molecule has 1 aromatic carbocycles. The summed E-state index contributed by atoms with van der Waals surface area (Å²) in [5, 5.41) is 1.07. The minimum atomic E-state index is -0.485. The lowest BCUT2D eigenvalue weighted by molar-refractivity contribution is 0.0289. The summed E-state index contributed by atoms with van der Waals surface area (Å²) in [7, 11) is 0. The van der Waals surface area contributed by atoms with E-state index in [1.165, 1.54) is 0 Å². The molecular formula is C20H23BrN4O2. The normalized spacial score (nSPS) is 17.8. The monoisotopic (exact) mass is 430 g/mol. The number of halogens is 1. The molecule has 27 heavy (non-hydrogen) atoms. The Morgan fingerprint density at radius 1 is 1.30 bits per heavy atom. The Labute approximate surface area is 166 Å². The van der Waals surface area contributed by atoms with E-state index in [4.69, 9.17) is 9.72 Å². The molecule has 2 aromatic heterocycles. The second-order valence-corrected chi connectivity index (χ2v) is 8.97. The molecule has 0 N–H and O–H groups in total. The van der Waals surface area contributed by atoms with Crippen molar-refractivity contribution in [3.63, 3.8) is 0 Å². The molecule has 0 radical (unpaired) electrons. The summed E-state index contributed by atoms with van der Waals surface area (Å²) in [4.78, 5) is 23.5. The lowest BCUT2D eigenvalue weighted by atomic mass is 10.1. The summed E-state index contributed by atoms with van der Waals surface area (Å²) in [5.41, 5.74) is 2.42. The van der Waals surface area contributed by atoms with Crippen LogP contribution >= 0.6 is 15.9 Å². The van der Waals surface area contributed by atoms with Crippen molar-refractivity contribution in [2.75, 3.05) is 13.1 Å². The molecule has 1 atom stereocenters. The maximum Gasteiger partial charge on any atom is 0.410 e. The number of rotatable bonds is 1. The second kappa shape index (κ2) is 6.48. The van der Waals surface area contributed by atoms with E-state index in [-0.39, 0.29) is 12.1 Å². The highest BCUT2D eigenvalue weighted by atomic mass is 79.9. The highest BCUT2D eigenvalue weighted by Gasteiger charge is 2.32. The average Bonchev–Trinajstić information content (AvgIpc) is 3.16. The third-order valence-electron chi connectivity index (χ3n) is 4.83. The quantitative estimate of drug-likeness (QED) is 0.554. The van der Waals surface area contributed by atoms with Crippen molar-refractivity contribution in [3.05, 3.63) is 34.7 Å². The van der Waals surface area contributed by atoms with Gasteiger partial charge < -0.3 is 14.2 Å². The Kier molecular flexibility index (Phi) is 4.37. The van der Waals surface area contributed by atoms with Crippen LogP contribution < -0.4 is 0 Å². The molecule has 3 aromatic rings. The van der Waals surface area contributed by atoms with Crippen molar-refractivity contribution in [3.8, 4) is 0 Å². The molecule has 1 saturated heterocycles. The number of aromatic nitrogens is 3. The third kappa shape index (κ3) is 3.40. The zero-order chi connectivity index (χ0) is 19.3. The standard InChI is InChI=1S/C20H23BrN4O2/c1-12-23-17-10-22-16-6-5-13(21)9-15(16)18(17)25(12)14-7-8-24(11-14)19(26)27-20(2,3)4/h5-6,9-10,14H,7-8,11H2,1-4H3/t14-/m1/s1. The first-order valence-electron chi connectivity index (χ1n) is 9.14. The molecule has 0 unspecified atom stereocenters. The Morgan fingerprint density at radius 3 is 2.81 bits per heavy atom. The Hall–Kier alpha value is -2.15. The van der Waals surface area contributed by atoms with Crippen molar-refractivity contribution in [1.82, 2.24) is 19.4 Å². The molecule has 1 amide bonds. The van der Waals surface area contributed by atoms with Crippen LogP contribution in [0, 0.1) is 6.92 Å². The van der Waals surface area contributed by atoms with Gasteiger partial charge in [-0.2, -0.15) is 0 Å². The van der Waals surface area contributed by atoms with Gasteiger partial charge in [0.1, 0.15) is 16.9 Å². The van der Waals surface area contributed by atoms with Crippen molar-refractivity contribution in [2.45, 2.75) is 45.8 Å². The summed E-state index contributed by atoms with van der Waals surface area (Å²) in [6.07, 6.45) is 2.46. The minimum Gasteiger partial charge on any atom is -0.444 e. The van der Waals surface area contributed by atoms with Gasteiger partial charge in [-0.05, 0) is 52.3 Å². The van der Waals surface area contributed by atoms with Crippen LogP contribution in [-0.2, 0) is 4.74 Å². The number of carbonyl (C=O) groups is 1. The summed E-state index contributed by atoms with van der Waals surface area (Å²) < 4.78 is 8.81. The van der Waals surface area contributed by atoms with Crippen LogP contribution in [0.5, 0.6) is 0 Å². The highest BCUT2D eigenvalue weighted by Crippen LogP contribution is 2.33. The molecule has 7 heteroatoms. The Balaban J connectivity index is 1.73. The van der Waals surface area contributed by atoms with Gasteiger partial charge in [-0.25, -0.2) is 9.78 Å². The van der Waals surface area contributed by atoms with E-state index >= 15 is 0 Å². The van der Waals surface area contributed by atoms with Crippen molar-refractivity contribution < 1.29 is 9.53 Å². The highest BCUT2D eigenvalue weighted by molar-refractivity contribution is 9.10. The van der Waals surface area contributed by atoms with E-state index in [0.29, 0.717) is 13.1 Å². The number of hydrogen-bond acceptors (Lipinski definition) is 4. The largest absolute Gasteiger partial charge is 0.444 e.